The van der Waals surface area contributed by atoms with Gasteiger partial charge in [-0.2, -0.15) is 0 Å². The van der Waals surface area contributed by atoms with Crippen molar-refractivity contribution >= 4 is 32.8 Å². The maximum atomic E-state index is 12.0. The molecular weight excluding hydrogens is 244 g/mol. The molecule has 0 bridgehead atoms. The third-order valence-corrected chi connectivity index (χ3v) is 3.25. The smallest absolute Gasteiger partial charge is 0.326 e. The maximum absolute atomic E-state index is 12.0. The van der Waals surface area contributed by atoms with Crippen molar-refractivity contribution in [1.29, 1.82) is 0 Å². The van der Waals surface area contributed by atoms with Crippen LogP contribution in [0, 0.1) is 0 Å². The highest BCUT2D eigenvalue weighted by atomic mass is 16.3. The molecule has 0 spiro atoms. The zero-order valence-electron chi connectivity index (χ0n) is 9.69. The molecule has 5 nitrogen and oxygen atoms in total. The fraction of sp³-hybridized carbons (Fsp3) is 0. The number of hydrogen-bond acceptors (Lipinski definition) is 3. The molecule has 0 unspecified atom stereocenters. The molecule has 0 atom stereocenters. The molecule has 19 heavy (non-hydrogen) atoms. The lowest BCUT2D eigenvalue weighted by Gasteiger charge is -1.96. The standard InChI is InChI=1S/C14H8N2O3/c17-13-11-9(15-14(18)16-13)6-5-8-7-3-1-2-4-10(7)19-12(8)11/h1-6H,(H2,15,16,17,18). The molecule has 0 saturated carbocycles. The summed E-state index contributed by atoms with van der Waals surface area (Å²) in [6, 6.07) is 11.1. The van der Waals surface area contributed by atoms with Gasteiger partial charge in [-0.1, -0.05) is 18.2 Å². The van der Waals surface area contributed by atoms with Crippen molar-refractivity contribution in [3.8, 4) is 0 Å². The number of fused-ring (bicyclic) bond motifs is 5. The minimum absolute atomic E-state index is 0.369. The Kier molecular flexibility index (Phi) is 1.79. The number of aromatic amines is 2. The molecule has 0 aliphatic heterocycles. The Morgan fingerprint density at radius 2 is 1.74 bits per heavy atom. The van der Waals surface area contributed by atoms with E-state index in [9.17, 15) is 9.59 Å². The van der Waals surface area contributed by atoms with Gasteiger partial charge in [0.05, 0.1) is 5.52 Å². The van der Waals surface area contributed by atoms with E-state index >= 15 is 0 Å². The molecule has 0 amide bonds. The van der Waals surface area contributed by atoms with Crippen molar-refractivity contribution in [2.24, 2.45) is 0 Å². The Labute approximate surface area is 105 Å². The van der Waals surface area contributed by atoms with E-state index < -0.39 is 11.2 Å². The Hall–Kier alpha value is -2.82. The van der Waals surface area contributed by atoms with Crippen molar-refractivity contribution in [2.75, 3.05) is 0 Å². The third-order valence-electron chi connectivity index (χ3n) is 3.25. The lowest BCUT2D eigenvalue weighted by atomic mass is 10.1. The summed E-state index contributed by atoms with van der Waals surface area (Å²) in [5, 5.41) is 2.18. The summed E-state index contributed by atoms with van der Waals surface area (Å²) in [6.45, 7) is 0. The van der Waals surface area contributed by atoms with Gasteiger partial charge in [-0.3, -0.25) is 9.78 Å². The Morgan fingerprint density at radius 1 is 0.895 bits per heavy atom. The molecule has 4 rings (SSSR count). The number of H-pyrrole nitrogens is 2. The average molecular weight is 252 g/mol. The highest BCUT2D eigenvalue weighted by Gasteiger charge is 2.12. The summed E-state index contributed by atoms with van der Waals surface area (Å²) in [6.07, 6.45) is 0. The zero-order valence-corrected chi connectivity index (χ0v) is 9.69. The van der Waals surface area contributed by atoms with Gasteiger partial charge in [0.2, 0.25) is 0 Å². The second-order valence-electron chi connectivity index (χ2n) is 4.37. The van der Waals surface area contributed by atoms with E-state index in [0.717, 1.165) is 16.4 Å². The van der Waals surface area contributed by atoms with Crippen LogP contribution in [-0.4, -0.2) is 9.97 Å². The van der Waals surface area contributed by atoms with Crippen LogP contribution in [0.3, 0.4) is 0 Å². The Morgan fingerprint density at radius 3 is 2.63 bits per heavy atom. The first-order chi connectivity index (χ1) is 9.24. The quantitative estimate of drug-likeness (QED) is 0.503. The van der Waals surface area contributed by atoms with E-state index in [4.69, 9.17) is 4.42 Å². The van der Waals surface area contributed by atoms with E-state index in [-0.39, 0.29) is 0 Å². The topological polar surface area (TPSA) is 78.9 Å². The molecule has 2 aromatic carbocycles. The average Bonchev–Trinajstić information content (AvgIpc) is 2.76. The molecule has 0 radical (unpaired) electrons. The van der Waals surface area contributed by atoms with Crippen molar-refractivity contribution in [2.45, 2.75) is 0 Å². The van der Waals surface area contributed by atoms with Crippen LogP contribution in [0.25, 0.3) is 32.8 Å². The third kappa shape index (κ3) is 1.29. The van der Waals surface area contributed by atoms with Crippen molar-refractivity contribution < 1.29 is 4.42 Å². The highest BCUT2D eigenvalue weighted by Crippen LogP contribution is 2.31. The molecule has 0 aliphatic carbocycles. The predicted molar refractivity (Wildman–Crippen MR) is 72.5 cm³/mol. The summed E-state index contributed by atoms with van der Waals surface area (Å²) in [4.78, 5) is 28.0. The zero-order chi connectivity index (χ0) is 13.0. The van der Waals surface area contributed by atoms with Crippen LogP contribution in [0.5, 0.6) is 0 Å². The second-order valence-corrected chi connectivity index (χ2v) is 4.37. The van der Waals surface area contributed by atoms with Gasteiger partial charge in [0.15, 0.2) is 0 Å². The number of benzene rings is 2. The van der Waals surface area contributed by atoms with Crippen LogP contribution >= 0.6 is 0 Å². The van der Waals surface area contributed by atoms with Gasteiger partial charge in [-0.25, -0.2) is 4.79 Å². The molecule has 2 N–H and O–H groups in total. The number of furan rings is 1. The fourth-order valence-electron chi connectivity index (χ4n) is 2.44. The molecule has 5 heteroatoms. The number of nitrogens with one attached hydrogen (secondary N) is 2. The number of hydrogen-bond donors (Lipinski definition) is 2. The van der Waals surface area contributed by atoms with Crippen LogP contribution in [0.1, 0.15) is 0 Å². The number of aromatic nitrogens is 2. The minimum atomic E-state index is -0.520. The van der Waals surface area contributed by atoms with Gasteiger partial charge < -0.3 is 9.40 Å². The molecule has 4 aromatic rings. The fourth-order valence-corrected chi connectivity index (χ4v) is 2.44. The normalized spacial score (nSPS) is 11.6. The highest BCUT2D eigenvalue weighted by molar-refractivity contribution is 6.13. The minimum Gasteiger partial charge on any atom is -0.455 e. The predicted octanol–water partition coefficient (Wildman–Crippen LogP) is 2.12. The van der Waals surface area contributed by atoms with Crippen LogP contribution in [0.2, 0.25) is 0 Å². The molecule has 0 fully saturated rings. The van der Waals surface area contributed by atoms with Gasteiger partial charge in [0.1, 0.15) is 16.6 Å². The Bertz CT molecular complexity index is 1050. The van der Waals surface area contributed by atoms with Crippen LogP contribution in [0.15, 0.2) is 50.4 Å². The summed E-state index contributed by atoms with van der Waals surface area (Å²) < 4.78 is 5.74. The summed E-state index contributed by atoms with van der Waals surface area (Å²) in [5.74, 6) is 0. The second kappa shape index (κ2) is 3.35. The summed E-state index contributed by atoms with van der Waals surface area (Å²) >= 11 is 0. The van der Waals surface area contributed by atoms with Crippen LogP contribution in [0.4, 0.5) is 0 Å². The van der Waals surface area contributed by atoms with Gasteiger partial charge in [0, 0.05) is 10.8 Å². The lowest BCUT2D eigenvalue weighted by molar-refractivity contribution is 0.672. The summed E-state index contributed by atoms with van der Waals surface area (Å²) in [5.41, 5.74) is 0.725. The molecule has 2 aromatic heterocycles. The Balaban J connectivity index is 2.38. The van der Waals surface area contributed by atoms with Crippen molar-refractivity contribution in [3.05, 3.63) is 57.2 Å². The molecule has 92 valence electrons. The van der Waals surface area contributed by atoms with Crippen LogP contribution in [-0.2, 0) is 0 Å². The van der Waals surface area contributed by atoms with E-state index in [1.807, 2.05) is 30.3 Å². The molecular formula is C14H8N2O3. The SMILES string of the molecule is O=c1[nH]c(=O)c2c(ccc3c4ccccc4oc32)[nH]1. The number of para-hydroxylation sites is 1. The molecule has 0 saturated heterocycles. The van der Waals surface area contributed by atoms with Crippen molar-refractivity contribution in [1.82, 2.24) is 9.97 Å². The van der Waals surface area contributed by atoms with E-state index in [0.29, 0.717) is 16.5 Å². The molecule has 0 aliphatic rings. The molecule has 2 heterocycles. The first kappa shape index (κ1) is 10.1. The van der Waals surface area contributed by atoms with Gasteiger partial charge in [-0.05, 0) is 18.2 Å². The van der Waals surface area contributed by atoms with Crippen LogP contribution < -0.4 is 11.2 Å². The monoisotopic (exact) mass is 252 g/mol. The van der Waals surface area contributed by atoms with Gasteiger partial charge in [0.25, 0.3) is 5.56 Å². The van der Waals surface area contributed by atoms with Gasteiger partial charge in [-0.15, -0.1) is 0 Å². The lowest BCUT2D eigenvalue weighted by Crippen LogP contribution is -2.21. The van der Waals surface area contributed by atoms with E-state index in [2.05, 4.69) is 9.97 Å². The van der Waals surface area contributed by atoms with Gasteiger partial charge >= 0.3 is 5.69 Å². The maximum Gasteiger partial charge on any atom is 0.326 e. The first-order valence-electron chi connectivity index (χ1n) is 5.80. The van der Waals surface area contributed by atoms with Crippen molar-refractivity contribution in [3.63, 3.8) is 0 Å². The van der Waals surface area contributed by atoms with E-state index in [1.54, 1.807) is 6.07 Å². The first-order valence-corrected chi connectivity index (χ1v) is 5.80. The summed E-state index contributed by atoms with van der Waals surface area (Å²) in [7, 11) is 0. The van der Waals surface area contributed by atoms with E-state index in [1.165, 1.54) is 0 Å². The largest absolute Gasteiger partial charge is 0.455 e. The number of rotatable bonds is 0.